The van der Waals surface area contributed by atoms with Crippen molar-refractivity contribution >= 4 is 28.2 Å². The second-order valence-electron chi connectivity index (χ2n) is 5.31. The maximum Gasteiger partial charge on any atom is 0.267 e. The summed E-state index contributed by atoms with van der Waals surface area (Å²) < 4.78 is 0. The summed E-state index contributed by atoms with van der Waals surface area (Å²) in [6.07, 6.45) is 4.46. The minimum absolute atomic E-state index is 0.0374. The summed E-state index contributed by atoms with van der Waals surface area (Å²) in [5.41, 5.74) is 11.7. The summed E-state index contributed by atoms with van der Waals surface area (Å²) in [7, 11) is 0. The number of nitrogens with one attached hydrogen (secondary N) is 1. The van der Waals surface area contributed by atoms with E-state index >= 15 is 0 Å². The molecule has 1 amide bonds. The van der Waals surface area contributed by atoms with Crippen LogP contribution in [0.4, 0.5) is 10.9 Å². The van der Waals surface area contributed by atoms with Crippen molar-refractivity contribution in [1.29, 1.82) is 0 Å². The Kier molecular flexibility index (Phi) is 3.32. The van der Waals surface area contributed by atoms with E-state index in [0.717, 1.165) is 11.6 Å². The van der Waals surface area contributed by atoms with Gasteiger partial charge < -0.3 is 21.7 Å². The Morgan fingerprint density at radius 1 is 1.42 bits per heavy atom. The molecule has 1 atom stereocenters. The van der Waals surface area contributed by atoms with Gasteiger partial charge in [-0.25, -0.2) is 4.98 Å². The van der Waals surface area contributed by atoms with Gasteiger partial charge in [-0.3, -0.25) is 4.79 Å². The van der Waals surface area contributed by atoms with E-state index in [0.29, 0.717) is 29.8 Å². The number of hydrogen-bond acceptors (Lipinski definition) is 6. The molecule has 0 spiro atoms. The molecule has 0 bridgehead atoms. The Labute approximate surface area is 116 Å². The normalized spacial score (nSPS) is 23.4. The van der Waals surface area contributed by atoms with Gasteiger partial charge in [0.25, 0.3) is 5.91 Å². The van der Waals surface area contributed by atoms with Gasteiger partial charge in [-0.15, -0.1) is 0 Å². The molecule has 2 fully saturated rings. The second-order valence-corrected chi connectivity index (χ2v) is 6.30. The van der Waals surface area contributed by atoms with Gasteiger partial charge >= 0.3 is 0 Å². The molecular formula is C12H19N5OS. The molecule has 1 aliphatic carbocycles. The number of nitrogens with two attached hydrogens (primary N) is 2. The first-order valence-corrected chi connectivity index (χ1v) is 7.53. The van der Waals surface area contributed by atoms with Crippen LogP contribution in [-0.4, -0.2) is 41.0 Å². The molecule has 6 nitrogen and oxygen atoms in total. The first-order chi connectivity index (χ1) is 9.13. The lowest BCUT2D eigenvalue weighted by Crippen LogP contribution is -2.31. The zero-order valence-corrected chi connectivity index (χ0v) is 11.6. The van der Waals surface area contributed by atoms with Crippen LogP contribution < -0.4 is 16.8 Å². The quantitative estimate of drug-likeness (QED) is 0.763. The van der Waals surface area contributed by atoms with Crippen LogP contribution in [0, 0.1) is 0 Å². The molecule has 1 aliphatic heterocycles. The van der Waals surface area contributed by atoms with Gasteiger partial charge in [0.2, 0.25) is 0 Å². The van der Waals surface area contributed by atoms with Gasteiger partial charge in [0, 0.05) is 25.2 Å². The number of anilines is 2. The molecule has 1 aromatic rings. The van der Waals surface area contributed by atoms with E-state index in [4.69, 9.17) is 11.5 Å². The van der Waals surface area contributed by atoms with E-state index in [2.05, 4.69) is 10.3 Å². The first-order valence-electron chi connectivity index (χ1n) is 6.71. The standard InChI is InChI=1S/C12H19N5OS/c13-7-4-5-17(6-7)11(18)9-10(14)16-12(19-9)15-8-2-1-3-8/h7-8H,1-6,13-14H2,(H,15,16). The lowest BCUT2D eigenvalue weighted by molar-refractivity contribution is 0.0796. The highest BCUT2D eigenvalue weighted by Gasteiger charge is 2.28. The highest BCUT2D eigenvalue weighted by atomic mass is 32.1. The van der Waals surface area contributed by atoms with Crippen LogP contribution in [0.2, 0.25) is 0 Å². The molecule has 104 valence electrons. The van der Waals surface area contributed by atoms with Crippen molar-refractivity contribution in [3.8, 4) is 0 Å². The highest BCUT2D eigenvalue weighted by Crippen LogP contribution is 2.30. The fourth-order valence-corrected chi connectivity index (χ4v) is 3.32. The monoisotopic (exact) mass is 281 g/mol. The van der Waals surface area contributed by atoms with Crippen LogP contribution in [0.3, 0.4) is 0 Å². The van der Waals surface area contributed by atoms with Crippen molar-refractivity contribution in [3.05, 3.63) is 4.88 Å². The number of thiazole rings is 1. The number of hydrogen-bond donors (Lipinski definition) is 3. The zero-order chi connectivity index (χ0) is 13.4. The lowest BCUT2D eigenvalue weighted by atomic mass is 9.93. The van der Waals surface area contributed by atoms with Crippen molar-refractivity contribution in [3.63, 3.8) is 0 Å². The molecule has 0 aromatic carbocycles. The first kappa shape index (κ1) is 12.7. The number of nitrogens with zero attached hydrogens (tertiary/aromatic N) is 2. The molecule has 1 aromatic heterocycles. The molecule has 3 rings (SSSR count). The fourth-order valence-electron chi connectivity index (χ4n) is 2.39. The number of rotatable bonds is 3. The third kappa shape index (κ3) is 2.52. The Hall–Kier alpha value is -1.34. The van der Waals surface area contributed by atoms with E-state index in [1.165, 1.54) is 30.6 Å². The average molecular weight is 281 g/mol. The number of amides is 1. The molecular weight excluding hydrogens is 262 g/mol. The summed E-state index contributed by atoms with van der Waals surface area (Å²) >= 11 is 1.35. The number of carbonyl (C=O) groups is 1. The van der Waals surface area contributed by atoms with Crippen LogP contribution in [0.5, 0.6) is 0 Å². The third-order valence-electron chi connectivity index (χ3n) is 3.79. The smallest absolute Gasteiger partial charge is 0.267 e. The molecule has 7 heteroatoms. The fraction of sp³-hybridized carbons (Fsp3) is 0.667. The van der Waals surface area contributed by atoms with Gasteiger partial charge in [0.1, 0.15) is 10.7 Å². The van der Waals surface area contributed by atoms with Crippen molar-refractivity contribution in [2.45, 2.75) is 37.8 Å². The van der Waals surface area contributed by atoms with Crippen molar-refractivity contribution in [2.75, 3.05) is 24.1 Å². The summed E-state index contributed by atoms with van der Waals surface area (Å²) in [5.74, 6) is 0.293. The summed E-state index contributed by atoms with van der Waals surface area (Å²) in [5, 5.41) is 4.08. The Balaban J connectivity index is 1.70. The molecule has 0 radical (unpaired) electrons. The third-order valence-corrected chi connectivity index (χ3v) is 4.78. The van der Waals surface area contributed by atoms with Crippen LogP contribution in [0.25, 0.3) is 0 Å². The zero-order valence-electron chi connectivity index (χ0n) is 10.8. The Bertz CT molecular complexity index is 484. The number of likely N-dealkylation sites (tertiary alicyclic amines) is 1. The molecule has 2 aliphatic rings. The number of nitrogen functional groups attached to an aromatic ring is 1. The Morgan fingerprint density at radius 3 is 2.79 bits per heavy atom. The van der Waals surface area contributed by atoms with Gasteiger partial charge in [0.05, 0.1) is 0 Å². The van der Waals surface area contributed by atoms with E-state index in [9.17, 15) is 4.79 Å². The SMILES string of the molecule is Nc1nc(NC2CCC2)sc1C(=O)N1CCC(N)C1. The number of aromatic nitrogens is 1. The summed E-state index contributed by atoms with van der Waals surface area (Å²) in [6, 6.07) is 0.583. The maximum absolute atomic E-state index is 12.3. The molecule has 19 heavy (non-hydrogen) atoms. The molecule has 1 saturated heterocycles. The predicted molar refractivity (Wildman–Crippen MR) is 76.3 cm³/mol. The molecule has 1 unspecified atom stereocenters. The maximum atomic E-state index is 12.3. The topological polar surface area (TPSA) is 97.3 Å². The average Bonchev–Trinajstić information content (AvgIpc) is 2.90. The molecule has 2 heterocycles. The van der Waals surface area contributed by atoms with Crippen LogP contribution in [0.1, 0.15) is 35.4 Å². The highest BCUT2D eigenvalue weighted by molar-refractivity contribution is 7.18. The summed E-state index contributed by atoms with van der Waals surface area (Å²) in [4.78, 5) is 18.9. The number of carbonyl (C=O) groups excluding carboxylic acids is 1. The molecule has 1 saturated carbocycles. The van der Waals surface area contributed by atoms with Crippen molar-refractivity contribution in [2.24, 2.45) is 5.73 Å². The predicted octanol–water partition coefficient (Wildman–Crippen LogP) is 0.863. The van der Waals surface area contributed by atoms with E-state index in [-0.39, 0.29) is 11.9 Å². The summed E-state index contributed by atoms with van der Waals surface area (Å²) in [6.45, 7) is 1.32. The second kappa shape index (κ2) is 4.97. The van der Waals surface area contributed by atoms with Gasteiger partial charge in [0.15, 0.2) is 5.13 Å². The van der Waals surface area contributed by atoms with E-state index in [1.54, 1.807) is 4.90 Å². The van der Waals surface area contributed by atoms with Crippen molar-refractivity contribution < 1.29 is 4.79 Å². The van der Waals surface area contributed by atoms with Gasteiger partial charge in [-0.05, 0) is 25.7 Å². The van der Waals surface area contributed by atoms with Gasteiger partial charge in [-0.1, -0.05) is 11.3 Å². The van der Waals surface area contributed by atoms with Crippen LogP contribution >= 0.6 is 11.3 Å². The van der Waals surface area contributed by atoms with Crippen LogP contribution in [-0.2, 0) is 0 Å². The van der Waals surface area contributed by atoms with Gasteiger partial charge in [-0.2, -0.15) is 0 Å². The Morgan fingerprint density at radius 2 is 2.21 bits per heavy atom. The van der Waals surface area contributed by atoms with E-state index < -0.39 is 0 Å². The van der Waals surface area contributed by atoms with Crippen LogP contribution in [0.15, 0.2) is 0 Å². The minimum atomic E-state index is -0.0374. The minimum Gasteiger partial charge on any atom is -0.382 e. The largest absolute Gasteiger partial charge is 0.382 e. The lowest BCUT2D eigenvalue weighted by Gasteiger charge is -2.25. The van der Waals surface area contributed by atoms with E-state index in [1.807, 2.05) is 0 Å². The molecule has 5 N–H and O–H groups in total. The van der Waals surface area contributed by atoms with Crippen molar-refractivity contribution in [1.82, 2.24) is 9.88 Å².